The van der Waals surface area contributed by atoms with Crippen LogP contribution in [-0.2, 0) is 10.8 Å². The van der Waals surface area contributed by atoms with Gasteiger partial charge in [-0.05, 0) is 150 Å². The number of rotatable bonds is 10. The largest absolute Gasteiger partial charge is 0.507 e. The summed E-state index contributed by atoms with van der Waals surface area (Å²) in [5.74, 6) is 0.826. The first-order valence-electron chi connectivity index (χ1n) is 27.2. The average Bonchev–Trinajstić information content (AvgIpc) is 3.84. The summed E-state index contributed by atoms with van der Waals surface area (Å²) in [7, 11) is 0. The minimum Gasteiger partial charge on any atom is -0.507 e. The summed E-state index contributed by atoms with van der Waals surface area (Å²) in [4.78, 5) is 10.7. The molecule has 73 heavy (non-hydrogen) atoms. The molecule has 0 atom stereocenters. The minimum absolute atomic E-state index is 0.00868. The molecule has 10 rings (SSSR count). The summed E-state index contributed by atoms with van der Waals surface area (Å²) in [6.45, 7) is 19.3. The number of hydrogen-bond acceptors (Lipinski definition) is 3. The smallest absolute Gasteiger partial charge is 0.149 e. The van der Waals surface area contributed by atoms with E-state index in [9.17, 15) is 5.11 Å². The highest BCUT2D eigenvalue weighted by Gasteiger charge is 2.27. The molecule has 0 aliphatic heterocycles. The van der Waals surface area contributed by atoms with Crippen LogP contribution in [0.15, 0.2) is 188 Å². The van der Waals surface area contributed by atoms with Gasteiger partial charge in [0.25, 0.3) is 0 Å². The van der Waals surface area contributed by atoms with Gasteiger partial charge < -0.3 is 5.11 Å². The second kappa shape index (κ2) is 19.3. The van der Waals surface area contributed by atoms with Crippen LogP contribution in [0, 0.1) is 6.85 Å². The zero-order chi connectivity index (χ0) is 53.8. The predicted octanol–water partition coefficient (Wildman–Crippen LogP) is 18.9. The molecular formula is C69H67N3O. The third kappa shape index (κ3) is 9.67. The number of aromatic hydroxyl groups is 1. The lowest BCUT2D eigenvalue weighted by Crippen LogP contribution is -2.11. The molecule has 364 valence electrons. The maximum absolute atomic E-state index is 12.6. The van der Waals surface area contributed by atoms with Crippen molar-refractivity contribution in [2.45, 2.75) is 98.8 Å². The number of fused-ring (bicyclic) bond motifs is 1. The van der Waals surface area contributed by atoms with E-state index in [2.05, 4.69) is 207 Å². The van der Waals surface area contributed by atoms with E-state index in [1.54, 1.807) is 0 Å². The molecule has 0 radical (unpaired) electrons. The lowest BCUT2D eigenvalue weighted by molar-refractivity contribution is 0.466. The van der Waals surface area contributed by atoms with E-state index in [1.165, 1.54) is 11.1 Å². The Bertz CT molecular complexity index is 3740. The fourth-order valence-electron chi connectivity index (χ4n) is 10.0. The molecule has 2 heterocycles. The number of phenols is 1. The number of pyridine rings is 1. The number of benzene rings is 8. The highest BCUT2D eigenvalue weighted by Crippen LogP contribution is 2.46. The van der Waals surface area contributed by atoms with Crippen LogP contribution in [0.2, 0.25) is 0 Å². The molecule has 10 aromatic rings. The Morgan fingerprint density at radius 3 is 1.71 bits per heavy atom. The number of nitrogens with zero attached hydrogens (tertiary/aromatic N) is 3. The Balaban J connectivity index is 1.25. The van der Waals surface area contributed by atoms with Gasteiger partial charge in [-0.25, -0.2) is 4.98 Å². The highest BCUT2D eigenvalue weighted by atomic mass is 16.3. The molecule has 0 bridgehead atoms. The van der Waals surface area contributed by atoms with E-state index in [-0.39, 0.29) is 34.0 Å². The standard InChI is InChI=1S/C69H67N3O/c1-43(2)52-39-58(44(3)4)66(73)61(40-52)67-71-65-57(53-36-54(38-56(37-53)69(9,10)11)62-41-51(33-34-70-62)48-27-25-47(26-28-48)46-19-14-12-15-20-46)23-18-24-63(65)72(67)64-35-45(5)59(49-21-16-13-17-22-49)42-60(64)50-29-31-55(32-30-50)68(6,7)8/h12-44,73H,1-11H3/i5D3. The highest BCUT2D eigenvalue weighted by molar-refractivity contribution is 5.98. The summed E-state index contributed by atoms with van der Waals surface area (Å²) in [6.07, 6.45) is 1.89. The van der Waals surface area contributed by atoms with Crippen LogP contribution in [0.1, 0.15) is 113 Å². The summed E-state index contributed by atoms with van der Waals surface area (Å²) in [6, 6.07) is 62.8. The van der Waals surface area contributed by atoms with Crippen molar-refractivity contribution in [2.24, 2.45) is 0 Å². The molecule has 0 saturated heterocycles. The molecule has 2 aromatic heterocycles. The van der Waals surface area contributed by atoms with Crippen molar-refractivity contribution >= 4 is 11.0 Å². The van der Waals surface area contributed by atoms with E-state index in [0.717, 1.165) is 78.0 Å². The molecule has 0 aliphatic rings. The van der Waals surface area contributed by atoms with Crippen LogP contribution in [0.3, 0.4) is 0 Å². The number of aromatic nitrogens is 3. The van der Waals surface area contributed by atoms with Gasteiger partial charge in [-0.3, -0.25) is 9.55 Å². The van der Waals surface area contributed by atoms with Gasteiger partial charge in [-0.1, -0.05) is 203 Å². The van der Waals surface area contributed by atoms with Crippen molar-refractivity contribution in [3.8, 4) is 89.7 Å². The van der Waals surface area contributed by atoms with Gasteiger partial charge in [-0.15, -0.1) is 0 Å². The lowest BCUT2D eigenvalue weighted by Gasteiger charge is -2.22. The molecule has 0 unspecified atom stereocenters. The summed E-state index contributed by atoms with van der Waals surface area (Å²) >= 11 is 0. The van der Waals surface area contributed by atoms with Gasteiger partial charge in [0.2, 0.25) is 0 Å². The number of phenolic OH excluding ortho intramolecular Hbond substituents is 1. The number of imidazole rings is 1. The topological polar surface area (TPSA) is 50.9 Å². The van der Waals surface area contributed by atoms with E-state index < -0.39 is 6.85 Å². The predicted molar refractivity (Wildman–Crippen MR) is 309 cm³/mol. The molecular weight excluding hydrogens is 887 g/mol. The first kappa shape index (κ1) is 45.1. The monoisotopic (exact) mass is 957 g/mol. The van der Waals surface area contributed by atoms with Crippen molar-refractivity contribution < 1.29 is 9.22 Å². The quantitative estimate of drug-likeness (QED) is 0.149. The van der Waals surface area contributed by atoms with Crippen molar-refractivity contribution in [3.05, 3.63) is 216 Å². The van der Waals surface area contributed by atoms with Crippen LogP contribution < -0.4 is 0 Å². The second-order valence-corrected chi connectivity index (χ2v) is 22.3. The molecule has 0 saturated carbocycles. The van der Waals surface area contributed by atoms with Gasteiger partial charge in [0.15, 0.2) is 0 Å². The Morgan fingerprint density at radius 1 is 0.479 bits per heavy atom. The SMILES string of the molecule is [2H]C([2H])([2H])c1cc(-n2c(-c3cc(C(C)C)cc(C(C)C)c3O)nc3c(-c4cc(-c5cc(-c6ccc(-c7ccccc7)cc6)ccn5)cc(C(C)(C)C)c4)cccc32)c(-c2ccc(C(C)(C)C)cc2)cc1-c1ccccc1. The Morgan fingerprint density at radius 2 is 1.08 bits per heavy atom. The van der Waals surface area contributed by atoms with Crippen LogP contribution in [0.5, 0.6) is 5.75 Å². The van der Waals surface area contributed by atoms with Gasteiger partial charge in [0.1, 0.15) is 11.6 Å². The number of aryl methyl sites for hydroxylation is 1. The van der Waals surface area contributed by atoms with E-state index in [0.29, 0.717) is 28.2 Å². The van der Waals surface area contributed by atoms with Crippen molar-refractivity contribution in [1.29, 1.82) is 0 Å². The summed E-state index contributed by atoms with van der Waals surface area (Å²) in [5, 5.41) is 12.6. The first-order chi connectivity index (χ1) is 36.1. The third-order valence-electron chi connectivity index (χ3n) is 14.4. The van der Waals surface area contributed by atoms with Gasteiger partial charge >= 0.3 is 0 Å². The normalized spacial score (nSPS) is 12.8. The fourth-order valence-corrected chi connectivity index (χ4v) is 10.0. The van der Waals surface area contributed by atoms with Gasteiger partial charge in [0, 0.05) is 27.0 Å². The molecule has 8 aromatic carbocycles. The first-order valence-corrected chi connectivity index (χ1v) is 25.7. The van der Waals surface area contributed by atoms with E-state index >= 15 is 0 Å². The van der Waals surface area contributed by atoms with Crippen LogP contribution in [0.4, 0.5) is 0 Å². The zero-order valence-electron chi connectivity index (χ0n) is 46.8. The van der Waals surface area contributed by atoms with Gasteiger partial charge in [-0.2, -0.15) is 0 Å². The molecule has 0 spiro atoms. The molecule has 1 N–H and O–H groups in total. The third-order valence-corrected chi connectivity index (χ3v) is 14.4. The van der Waals surface area contributed by atoms with Crippen LogP contribution in [-0.4, -0.2) is 19.6 Å². The minimum atomic E-state index is -2.48. The van der Waals surface area contributed by atoms with Crippen molar-refractivity contribution in [1.82, 2.24) is 14.5 Å². The van der Waals surface area contributed by atoms with Crippen LogP contribution in [0.25, 0.3) is 95.0 Å². The molecule has 4 heteroatoms. The molecule has 0 amide bonds. The van der Waals surface area contributed by atoms with Crippen molar-refractivity contribution in [3.63, 3.8) is 0 Å². The van der Waals surface area contributed by atoms with Gasteiger partial charge in [0.05, 0.1) is 28.0 Å². The maximum Gasteiger partial charge on any atom is 0.149 e. The zero-order valence-corrected chi connectivity index (χ0v) is 43.8. The maximum atomic E-state index is 12.6. The van der Waals surface area contributed by atoms with E-state index in [4.69, 9.17) is 14.1 Å². The van der Waals surface area contributed by atoms with E-state index in [1.807, 2.05) is 54.7 Å². The number of hydrogen-bond donors (Lipinski definition) is 1. The summed E-state index contributed by atoms with van der Waals surface area (Å²) in [5.41, 5.74) is 18.2. The number of para-hydroxylation sites is 1. The summed E-state index contributed by atoms with van der Waals surface area (Å²) < 4.78 is 29.4. The fraction of sp³-hybridized carbons (Fsp3) is 0.217. The molecule has 0 fully saturated rings. The average molecular weight is 957 g/mol. The van der Waals surface area contributed by atoms with Crippen molar-refractivity contribution in [2.75, 3.05) is 0 Å². The molecule has 0 aliphatic carbocycles. The second-order valence-electron chi connectivity index (χ2n) is 22.3. The Kier molecular flexibility index (Phi) is 11.9. The Labute approximate surface area is 437 Å². The molecule has 4 nitrogen and oxygen atoms in total. The lowest BCUT2D eigenvalue weighted by atomic mass is 9.83. The van der Waals surface area contributed by atoms with Crippen LogP contribution >= 0.6 is 0 Å². The Hall–Kier alpha value is -7.82.